The molecule has 2 amide bonds. The maximum absolute atomic E-state index is 10.5. The van der Waals surface area contributed by atoms with Gasteiger partial charge in [0.15, 0.2) is 0 Å². The zero-order valence-corrected chi connectivity index (χ0v) is 10.7. The Hall–Kier alpha value is -2.98. The fourth-order valence-electron chi connectivity index (χ4n) is 1.33. The van der Waals surface area contributed by atoms with Crippen LogP contribution in [0.15, 0.2) is 12.7 Å². The lowest BCUT2D eigenvalue weighted by atomic mass is 10.6. The SMILES string of the molecule is CNc1nc(NCCNC(N)=O)nc(-n2cncn2)n1. The van der Waals surface area contributed by atoms with Gasteiger partial charge in [-0.1, -0.05) is 0 Å². The Morgan fingerprint density at radius 3 is 2.75 bits per heavy atom. The first kappa shape index (κ1) is 13.5. The Morgan fingerprint density at radius 1 is 1.30 bits per heavy atom. The van der Waals surface area contributed by atoms with Crippen molar-refractivity contribution in [2.45, 2.75) is 0 Å². The van der Waals surface area contributed by atoms with Crippen molar-refractivity contribution in [1.29, 1.82) is 0 Å². The molecular weight excluding hydrogens is 264 g/mol. The number of anilines is 2. The van der Waals surface area contributed by atoms with E-state index in [1.54, 1.807) is 7.05 Å². The summed E-state index contributed by atoms with van der Waals surface area (Å²) in [5.41, 5.74) is 4.96. The topological polar surface area (TPSA) is 149 Å². The minimum absolute atomic E-state index is 0.326. The van der Waals surface area contributed by atoms with Gasteiger partial charge < -0.3 is 21.7 Å². The highest BCUT2D eigenvalue weighted by Crippen LogP contribution is 2.07. The van der Waals surface area contributed by atoms with Crippen LogP contribution in [0.2, 0.25) is 0 Å². The molecule has 0 aliphatic rings. The van der Waals surface area contributed by atoms with E-state index >= 15 is 0 Å². The number of nitrogens with zero attached hydrogens (tertiary/aromatic N) is 6. The van der Waals surface area contributed by atoms with E-state index in [2.05, 4.69) is 41.0 Å². The van der Waals surface area contributed by atoms with E-state index in [4.69, 9.17) is 5.73 Å². The Kier molecular flexibility index (Phi) is 4.21. The summed E-state index contributed by atoms with van der Waals surface area (Å²) in [5, 5.41) is 12.2. The number of urea groups is 1. The van der Waals surface area contributed by atoms with Crippen LogP contribution in [0.1, 0.15) is 0 Å². The van der Waals surface area contributed by atoms with Gasteiger partial charge in [-0.05, 0) is 0 Å². The second-order valence-corrected chi connectivity index (χ2v) is 3.59. The van der Waals surface area contributed by atoms with Crippen molar-refractivity contribution < 1.29 is 4.79 Å². The quantitative estimate of drug-likeness (QED) is 0.470. The van der Waals surface area contributed by atoms with Crippen molar-refractivity contribution in [1.82, 2.24) is 35.0 Å². The van der Waals surface area contributed by atoms with Gasteiger partial charge in [0.2, 0.25) is 11.9 Å². The maximum atomic E-state index is 10.5. The third-order valence-electron chi connectivity index (χ3n) is 2.18. The zero-order valence-electron chi connectivity index (χ0n) is 10.7. The molecule has 0 saturated carbocycles. The molecule has 0 bridgehead atoms. The van der Waals surface area contributed by atoms with Gasteiger partial charge in [0.1, 0.15) is 12.7 Å². The summed E-state index contributed by atoms with van der Waals surface area (Å²) in [6.07, 6.45) is 2.86. The molecule has 0 aliphatic heterocycles. The van der Waals surface area contributed by atoms with E-state index in [1.807, 2.05) is 0 Å². The summed E-state index contributed by atoms with van der Waals surface area (Å²) in [4.78, 5) is 26.8. The molecule has 2 heterocycles. The van der Waals surface area contributed by atoms with Crippen LogP contribution in [0.25, 0.3) is 5.95 Å². The van der Waals surface area contributed by atoms with Crippen LogP contribution < -0.4 is 21.7 Å². The Labute approximate surface area is 114 Å². The summed E-state index contributed by atoms with van der Waals surface area (Å²) in [5.74, 6) is 1.06. The van der Waals surface area contributed by atoms with Crippen LogP contribution in [0.4, 0.5) is 16.7 Å². The second kappa shape index (κ2) is 6.26. The van der Waals surface area contributed by atoms with E-state index in [9.17, 15) is 4.79 Å². The molecule has 0 unspecified atom stereocenters. The van der Waals surface area contributed by atoms with E-state index in [-0.39, 0.29) is 0 Å². The van der Waals surface area contributed by atoms with Crippen LogP contribution in [-0.2, 0) is 0 Å². The lowest BCUT2D eigenvalue weighted by molar-refractivity contribution is 0.249. The van der Waals surface area contributed by atoms with Crippen LogP contribution in [0, 0.1) is 0 Å². The Bertz CT molecular complexity index is 568. The molecule has 0 aromatic carbocycles. The van der Waals surface area contributed by atoms with Gasteiger partial charge in [0.25, 0.3) is 5.95 Å². The number of rotatable bonds is 6. The molecule has 0 fully saturated rings. The third-order valence-corrected chi connectivity index (χ3v) is 2.18. The standard InChI is InChI=1S/C9H14N10O/c1-11-7-16-8(14-3-2-13-6(10)20)18-9(17-7)19-5-12-4-15-19/h4-5H,2-3H2,1H3,(H3,10,13,20)(H2,11,14,16,17,18). The van der Waals surface area contributed by atoms with E-state index in [0.717, 1.165) is 0 Å². The number of primary amides is 1. The number of carbonyl (C=O) groups is 1. The molecule has 0 atom stereocenters. The molecule has 0 saturated heterocycles. The average Bonchev–Trinajstić information content (AvgIpc) is 2.97. The maximum Gasteiger partial charge on any atom is 0.312 e. The first-order valence-corrected chi connectivity index (χ1v) is 5.75. The fourth-order valence-corrected chi connectivity index (χ4v) is 1.33. The van der Waals surface area contributed by atoms with E-state index < -0.39 is 6.03 Å². The summed E-state index contributed by atoms with van der Waals surface area (Å²) in [6, 6.07) is -0.582. The minimum atomic E-state index is -0.582. The number of amides is 2. The number of hydrogen-bond donors (Lipinski definition) is 4. The van der Waals surface area contributed by atoms with Gasteiger partial charge >= 0.3 is 6.03 Å². The molecule has 2 aromatic heterocycles. The van der Waals surface area contributed by atoms with Crippen LogP contribution in [0.3, 0.4) is 0 Å². The Balaban J connectivity index is 2.08. The minimum Gasteiger partial charge on any atom is -0.357 e. The zero-order chi connectivity index (χ0) is 14.4. The van der Waals surface area contributed by atoms with Crippen molar-refractivity contribution in [2.24, 2.45) is 5.73 Å². The van der Waals surface area contributed by atoms with Gasteiger partial charge in [-0.3, -0.25) is 0 Å². The van der Waals surface area contributed by atoms with Crippen molar-refractivity contribution in [3.8, 4) is 5.95 Å². The molecule has 0 spiro atoms. The smallest absolute Gasteiger partial charge is 0.312 e. The van der Waals surface area contributed by atoms with E-state index in [1.165, 1.54) is 17.3 Å². The average molecular weight is 278 g/mol. The van der Waals surface area contributed by atoms with Crippen molar-refractivity contribution >= 4 is 17.9 Å². The summed E-state index contributed by atoms with van der Waals surface area (Å²) < 4.78 is 1.41. The predicted octanol–water partition coefficient (Wildman–Crippen LogP) is -1.43. The fraction of sp³-hybridized carbons (Fsp3) is 0.333. The molecule has 5 N–H and O–H groups in total. The summed E-state index contributed by atoms with van der Waals surface area (Å²) in [7, 11) is 1.69. The normalized spacial score (nSPS) is 10.1. The van der Waals surface area contributed by atoms with Crippen LogP contribution in [0.5, 0.6) is 0 Å². The van der Waals surface area contributed by atoms with Crippen LogP contribution >= 0.6 is 0 Å². The van der Waals surface area contributed by atoms with Gasteiger partial charge in [0, 0.05) is 20.1 Å². The largest absolute Gasteiger partial charge is 0.357 e. The van der Waals surface area contributed by atoms with E-state index in [0.29, 0.717) is 30.9 Å². The second-order valence-electron chi connectivity index (χ2n) is 3.59. The Morgan fingerprint density at radius 2 is 2.10 bits per heavy atom. The highest BCUT2D eigenvalue weighted by Gasteiger charge is 2.07. The first-order valence-electron chi connectivity index (χ1n) is 5.75. The number of carbonyl (C=O) groups excluding carboxylic acids is 1. The number of nitrogens with two attached hydrogens (primary N) is 1. The molecule has 0 radical (unpaired) electrons. The lowest BCUT2D eigenvalue weighted by Gasteiger charge is -2.08. The van der Waals surface area contributed by atoms with Gasteiger partial charge in [0.05, 0.1) is 0 Å². The summed E-state index contributed by atoms with van der Waals surface area (Å²) >= 11 is 0. The molecular formula is C9H14N10O. The van der Waals surface area contributed by atoms with Gasteiger partial charge in [-0.2, -0.15) is 24.7 Å². The van der Waals surface area contributed by atoms with Crippen molar-refractivity contribution in [3.63, 3.8) is 0 Å². The van der Waals surface area contributed by atoms with Crippen molar-refractivity contribution in [2.75, 3.05) is 30.8 Å². The number of hydrogen-bond acceptors (Lipinski definition) is 8. The molecule has 106 valence electrons. The molecule has 20 heavy (non-hydrogen) atoms. The van der Waals surface area contributed by atoms with Gasteiger partial charge in [-0.25, -0.2) is 9.78 Å². The molecule has 11 heteroatoms. The molecule has 2 aromatic rings. The molecule has 2 rings (SSSR count). The third kappa shape index (κ3) is 3.51. The van der Waals surface area contributed by atoms with Crippen molar-refractivity contribution in [3.05, 3.63) is 12.7 Å². The monoisotopic (exact) mass is 278 g/mol. The predicted molar refractivity (Wildman–Crippen MR) is 70.4 cm³/mol. The first-order chi connectivity index (χ1) is 9.69. The summed E-state index contributed by atoms with van der Waals surface area (Å²) in [6.45, 7) is 0.779. The highest BCUT2D eigenvalue weighted by atomic mass is 16.2. The molecule has 0 aliphatic carbocycles. The van der Waals surface area contributed by atoms with Gasteiger partial charge in [-0.15, -0.1) is 0 Å². The highest BCUT2D eigenvalue weighted by molar-refractivity contribution is 5.71. The number of nitrogens with one attached hydrogen (secondary N) is 3. The molecule has 11 nitrogen and oxygen atoms in total. The van der Waals surface area contributed by atoms with Crippen LogP contribution in [-0.4, -0.2) is 55.9 Å². The lowest BCUT2D eigenvalue weighted by Crippen LogP contribution is -2.33. The number of aromatic nitrogens is 6.